The van der Waals surface area contributed by atoms with E-state index in [-0.39, 0.29) is 18.0 Å². The molecule has 3 aromatic rings. The maximum Gasteiger partial charge on any atom is 0.227 e. The Morgan fingerprint density at radius 3 is 2.55 bits per heavy atom. The first-order chi connectivity index (χ1) is 14.0. The number of nitrogens with one attached hydrogen (secondary N) is 1. The number of hydrogen-bond donors (Lipinski definition) is 1. The number of anilines is 3. The highest BCUT2D eigenvalue weighted by molar-refractivity contribution is 6.30. The van der Waals surface area contributed by atoms with Gasteiger partial charge in [0, 0.05) is 23.7 Å². The maximum atomic E-state index is 14.4. The third-order valence-electron chi connectivity index (χ3n) is 4.51. The Balaban J connectivity index is 1.58. The summed E-state index contributed by atoms with van der Waals surface area (Å²) >= 11 is 5.94. The molecule has 0 aliphatic carbocycles. The van der Waals surface area contributed by atoms with Gasteiger partial charge in [-0.1, -0.05) is 23.7 Å². The van der Waals surface area contributed by atoms with Crippen molar-refractivity contribution < 1.29 is 9.13 Å². The highest BCUT2D eigenvalue weighted by Gasteiger charge is 2.24. The van der Waals surface area contributed by atoms with Gasteiger partial charge in [0.15, 0.2) is 17.5 Å². The summed E-state index contributed by atoms with van der Waals surface area (Å²) in [6, 6.07) is 9.13. The highest BCUT2D eigenvalue weighted by Crippen LogP contribution is 2.25. The lowest BCUT2D eigenvalue weighted by atomic mass is 10.1. The normalized spacial score (nSPS) is 19.2. The Labute approximate surface area is 172 Å². The van der Waals surface area contributed by atoms with Gasteiger partial charge in [0.25, 0.3) is 0 Å². The molecule has 1 fully saturated rings. The Morgan fingerprint density at radius 2 is 1.83 bits per heavy atom. The lowest BCUT2D eigenvalue weighted by Gasteiger charge is -2.35. The molecule has 29 heavy (non-hydrogen) atoms. The molecular formula is C20H20ClFN6O. The van der Waals surface area contributed by atoms with Gasteiger partial charge in [-0.15, -0.1) is 5.10 Å². The van der Waals surface area contributed by atoms with Crippen molar-refractivity contribution in [3.05, 3.63) is 53.6 Å². The zero-order valence-electron chi connectivity index (χ0n) is 16.0. The molecule has 0 bridgehead atoms. The summed E-state index contributed by atoms with van der Waals surface area (Å²) in [5, 5.41) is 11.6. The molecule has 9 heteroatoms. The minimum Gasteiger partial charge on any atom is -0.372 e. The monoisotopic (exact) mass is 414 g/mol. The van der Waals surface area contributed by atoms with Crippen molar-refractivity contribution in [3.8, 4) is 11.1 Å². The summed E-state index contributed by atoms with van der Waals surface area (Å²) in [5.74, 6) is 0.300. The fourth-order valence-electron chi connectivity index (χ4n) is 3.29. The average Bonchev–Trinajstić information content (AvgIpc) is 2.70. The Kier molecular flexibility index (Phi) is 5.55. The second kappa shape index (κ2) is 8.26. The summed E-state index contributed by atoms with van der Waals surface area (Å²) in [7, 11) is 0. The Morgan fingerprint density at radius 1 is 1.10 bits per heavy atom. The van der Waals surface area contributed by atoms with Crippen molar-refractivity contribution >= 4 is 29.2 Å². The van der Waals surface area contributed by atoms with Crippen molar-refractivity contribution in [2.45, 2.75) is 26.1 Å². The van der Waals surface area contributed by atoms with E-state index in [2.05, 4.69) is 25.5 Å². The molecule has 0 saturated carbocycles. The standard InChI is InChI=1S/C20H20ClFN6O/c1-12-10-28(11-13(2)29-12)20-23-9-17(22)19(26-20)25-18-7-15(8-24-27-18)14-3-5-16(21)6-4-14/h3-9,12-13H,10-11H2,1-2H3,(H,23,25,26,27)/t12-,13+. The molecule has 1 aliphatic rings. The van der Waals surface area contributed by atoms with Crippen LogP contribution in [0.5, 0.6) is 0 Å². The van der Waals surface area contributed by atoms with Gasteiger partial charge in [0.1, 0.15) is 0 Å². The molecule has 1 aliphatic heterocycles. The molecule has 0 spiro atoms. The van der Waals surface area contributed by atoms with E-state index in [0.29, 0.717) is 29.9 Å². The molecule has 150 valence electrons. The largest absolute Gasteiger partial charge is 0.372 e. The minimum atomic E-state index is -0.568. The molecular weight excluding hydrogens is 395 g/mol. The quantitative estimate of drug-likeness (QED) is 0.689. The van der Waals surface area contributed by atoms with Crippen LogP contribution < -0.4 is 10.2 Å². The number of halogens is 2. The molecule has 0 amide bonds. The maximum absolute atomic E-state index is 14.4. The van der Waals surface area contributed by atoms with Crippen LogP contribution in [-0.4, -0.2) is 45.5 Å². The van der Waals surface area contributed by atoms with E-state index in [1.807, 2.05) is 30.9 Å². The van der Waals surface area contributed by atoms with E-state index >= 15 is 0 Å². The number of nitrogens with zero attached hydrogens (tertiary/aromatic N) is 5. The van der Waals surface area contributed by atoms with Crippen LogP contribution >= 0.6 is 11.6 Å². The molecule has 0 radical (unpaired) electrons. The van der Waals surface area contributed by atoms with Gasteiger partial charge in [-0.05, 0) is 37.6 Å². The van der Waals surface area contributed by atoms with Crippen LogP contribution in [0.2, 0.25) is 5.02 Å². The van der Waals surface area contributed by atoms with Crippen LogP contribution in [0.15, 0.2) is 42.7 Å². The Bertz CT molecular complexity index is 993. The van der Waals surface area contributed by atoms with Crippen LogP contribution in [0, 0.1) is 5.82 Å². The zero-order valence-corrected chi connectivity index (χ0v) is 16.8. The Hall–Kier alpha value is -2.84. The third-order valence-corrected chi connectivity index (χ3v) is 4.76. The van der Waals surface area contributed by atoms with Gasteiger partial charge in [0.05, 0.1) is 24.6 Å². The highest BCUT2D eigenvalue weighted by atomic mass is 35.5. The van der Waals surface area contributed by atoms with Crippen LogP contribution in [0.4, 0.5) is 22.0 Å². The minimum absolute atomic E-state index is 0.0457. The van der Waals surface area contributed by atoms with Gasteiger partial charge in [-0.2, -0.15) is 10.1 Å². The van der Waals surface area contributed by atoms with E-state index < -0.39 is 5.82 Å². The van der Waals surface area contributed by atoms with Crippen molar-refractivity contribution in [1.29, 1.82) is 0 Å². The van der Waals surface area contributed by atoms with Gasteiger partial charge in [-0.3, -0.25) is 0 Å². The van der Waals surface area contributed by atoms with Crippen molar-refractivity contribution in [2.75, 3.05) is 23.3 Å². The van der Waals surface area contributed by atoms with Crippen LogP contribution in [-0.2, 0) is 4.74 Å². The van der Waals surface area contributed by atoms with Gasteiger partial charge in [0.2, 0.25) is 5.95 Å². The fraction of sp³-hybridized carbons (Fsp3) is 0.300. The molecule has 2 aromatic heterocycles. The van der Waals surface area contributed by atoms with Crippen molar-refractivity contribution in [3.63, 3.8) is 0 Å². The van der Waals surface area contributed by atoms with Crippen molar-refractivity contribution in [2.24, 2.45) is 0 Å². The van der Waals surface area contributed by atoms with Crippen LogP contribution in [0.3, 0.4) is 0 Å². The molecule has 1 N–H and O–H groups in total. The lowest BCUT2D eigenvalue weighted by Crippen LogP contribution is -2.46. The van der Waals surface area contributed by atoms with E-state index in [9.17, 15) is 4.39 Å². The van der Waals surface area contributed by atoms with Gasteiger partial charge >= 0.3 is 0 Å². The molecule has 3 heterocycles. The first-order valence-electron chi connectivity index (χ1n) is 9.26. The topological polar surface area (TPSA) is 76.1 Å². The summed E-state index contributed by atoms with van der Waals surface area (Å²) in [5.41, 5.74) is 1.75. The molecule has 4 rings (SSSR count). The van der Waals surface area contributed by atoms with Crippen LogP contribution in [0.1, 0.15) is 13.8 Å². The molecule has 7 nitrogen and oxygen atoms in total. The van der Waals surface area contributed by atoms with Gasteiger partial charge < -0.3 is 15.0 Å². The van der Waals surface area contributed by atoms with E-state index in [1.165, 1.54) is 0 Å². The van der Waals surface area contributed by atoms with Crippen LogP contribution in [0.25, 0.3) is 11.1 Å². The van der Waals surface area contributed by atoms with E-state index in [1.54, 1.807) is 24.4 Å². The number of aromatic nitrogens is 4. The summed E-state index contributed by atoms with van der Waals surface area (Å²) < 4.78 is 20.1. The molecule has 2 atom stereocenters. The number of morpholine rings is 1. The second-order valence-corrected chi connectivity index (χ2v) is 7.43. The predicted molar refractivity (Wildman–Crippen MR) is 110 cm³/mol. The predicted octanol–water partition coefficient (Wildman–Crippen LogP) is 4.08. The first-order valence-corrected chi connectivity index (χ1v) is 9.64. The number of hydrogen-bond acceptors (Lipinski definition) is 7. The number of benzene rings is 1. The third kappa shape index (κ3) is 4.60. The second-order valence-electron chi connectivity index (χ2n) is 6.99. The summed E-state index contributed by atoms with van der Waals surface area (Å²) in [6.07, 6.45) is 2.88. The smallest absolute Gasteiger partial charge is 0.227 e. The zero-order chi connectivity index (χ0) is 20.4. The number of ether oxygens (including phenoxy) is 1. The molecule has 1 saturated heterocycles. The number of rotatable bonds is 4. The van der Waals surface area contributed by atoms with Gasteiger partial charge in [-0.25, -0.2) is 9.37 Å². The lowest BCUT2D eigenvalue weighted by molar-refractivity contribution is -0.00572. The first kappa shape index (κ1) is 19.5. The fourth-order valence-corrected chi connectivity index (χ4v) is 3.41. The molecule has 1 aromatic carbocycles. The summed E-state index contributed by atoms with van der Waals surface area (Å²) in [4.78, 5) is 10.5. The van der Waals surface area contributed by atoms with E-state index in [4.69, 9.17) is 16.3 Å². The molecule has 0 unspecified atom stereocenters. The average molecular weight is 415 g/mol. The summed E-state index contributed by atoms with van der Waals surface area (Å²) in [6.45, 7) is 5.26. The van der Waals surface area contributed by atoms with Crippen molar-refractivity contribution in [1.82, 2.24) is 20.2 Å². The SMILES string of the molecule is C[C@@H]1CN(c2ncc(F)c(Nc3cc(-c4ccc(Cl)cc4)cnn3)n2)C[C@H](C)O1. The van der Waals surface area contributed by atoms with E-state index in [0.717, 1.165) is 17.3 Å².